The predicted molar refractivity (Wildman–Crippen MR) is 83.4 cm³/mol. The molecule has 0 radical (unpaired) electrons. The molecule has 1 rings (SSSR count). The maximum Gasteiger partial charge on any atom is 0.338 e. The van der Waals surface area contributed by atoms with Crippen LogP contribution < -0.4 is 5.32 Å². The molecule has 0 heterocycles. The first kappa shape index (κ1) is 17.5. The van der Waals surface area contributed by atoms with E-state index in [1.54, 1.807) is 24.3 Å². The van der Waals surface area contributed by atoms with Crippen molar-refractivity contribution in [2.24, 2.45) is 5.92 Å². The molecular formula is C16H22ClNO3. The van der Waals surface area contributed by atoms with Crippen LogP contribution in [0.15, 0.2) is 24.3 Å². The highest BCUT2D eigenvalue weighted by Crippen LogP contribution is 2.15. The minimum atomic E-state index is -0.826. The van der Waals surface area contributed by atoms with E-state index in [0.717, 1.165) is 0 Å². The highest BCUT2D eigenvalue weighted by atomic mass is 35.5. The fourth-order valence-corrected chi connectivity index (χ4v) is 1.83. The number of hydrogen-bond donors (Lipinski definition) is 1. The summed E-state index contributed by atoms with van der Waals surface area (Å²) in [6.07, 6.45) is -0.826. The first-order valence-electron chi connectivity index (χ1n) is 6.89. The van der Waals surface area contributed by atoms with Crippen LogP contribution in [0.3, 0.4) is 0 Å². The lowest BCUT2D eigenvalue weighted by Crippen LogP contribution is -2.48. The van der Waals surface area contributed by atoms with Crippen LogP contribution in [0, 0.1) is 5.92 Å². The molecule has 5 heteroatoms. The zero-order valence-electron chi connectivity index (χ0n) is 13.1. The Kier molecular flexibility index (Phi) is 5.78. The number of ether oxygens (including phenoxy) is 1. The number of benzene rings is 1. The number of esters is 1. The van der Waals surface area contributed by atoms with Crippen LogP contribution in [0.2, 0.25) is 5.02 Å². The van der Waals surface area contributed by atoms with Gasteiger partial charge in [0.15, 0.2) is 6.10 Å². The molecule has 0 bridgehead atoms. The fourth-order valence-electron chi connectivity index (χ4n) is 1.70. The number of amides is 1. The molecule has 1 aromatic rings. The van der Waals surface area contributed by atoms with Gasteiger partial charge in [0.25, 0.3) is 5.91 Å². The quantitative estimate of drug-likeness (QED) is 0.867. The van der Waals surface area contributed by atoms with Crippen LogP contribution >= 0.6 is 11.6 Å². The Bertz CT molecular complexity index is 503. The summed E-state index contributed by atoms with van der Waals surface area (Å²) < 4.78 is 5.35. The molecular weight excluding hydrogens is 290 g/mol. The van der Waals surface area contributed by atoms with Gasteiger partial charge in [0.1, 0.15) is 0 Å². The summed E-state index contributed by atoms with van der Waals surface area (Å²) >= 11 is 5.78. The number of halogens is 1. The van der Waals surface area contributed by atoms with Crippen LogP contribution in [-0.4, -0.2) is 23.5 Å². The van der Waals surface area contributed by atoms with Gasteiger partial charge in [-0.15, -0.1) is 0 Å². The van der Waals surface area contributed by atoms with E-state index in [2.05, 4.69) is 5.32 Å². The highest BCUT2D eigenvalue weighted by Gasteiger charge is 2.29. The van der Waals surface area contributed by atoms with Crippen molar-refractivity contribution >= 4 is 23.5 Å². The average molecular weight is 312 g/mol. The minimum Gasteiger partial charge on any atom is -0.448 e. The van der Waals surface area contributed by atoms with E-state index in [0.29, 0.717) is 10.6 Å². The van der Waals surface area contributed by atoms with E-state index < -0.39 is 12.1 Å². The van der Waals surface area contributed by atoms with Gasteiger partial charge in [-0.25, -0.2) is 4.79 Å². The smallest absolute Gasteiger partial charge is 0.338 e. The summed E-state index contributed by atoms with van der Waals surface area (Å²) in [5, 5.41) is 3.37. The summed E-state index contributed by atoms with van der Waals surface area (Å²) in [7, 11) is 0. The van der Waals surface area contributed by atoms with Crippen LogP contribution in [0.1, 0.15) is 45.0 Å². The largest absolute Gasteiger partial charge is 0.448 e. The molecule has 1 aromatic carbocycles. The standard InChI is InChI=1S/C16H22ClNO3/c1-10(2)13(14(19)18-16(3,4)5)21-15(20)11-6-8-12(17)9-7-11/h6-10,13H,1-5H3,(H,18,19). The van der Waals surface area contributed by atoms with Crippen molar-refractivity contribution < 1.29 is 14.3 Å². The van der Waals surface area contributed by atoms with Gasteiger partial charge in [-0.2, -0.15) is 0 Å². The molecule has 0 aliphatic rings. The van der Waals surface area contributed by atoms with Crippen molar-refractivity contribution in [2.75, 3.05) is 0 Å². The molecule has 0 fully saturated rings. The Morgan fingerprint density at radius 1 is 1.14 bits per heavy atom. The normalized spacial score (nSPS) is 12.9. The molecule has 0 aliphatic carbocycles. The van der Waals surface area contributed by atoms with Crippen molar-refractivity contribution in [2.45, 2.75) is 46.3 Å². The Morgan fingerprint density at radius 2 is 1.67 bits per heavy atom. The van der Waals surface area contributed by atoms with Crippen molar-refractivity contribution in [3.63, 3.8) is 0 Å². The molecule has 1 unspecified atom stereocenters. The van der Waals surface area contributed by atoms with E-state index in [1.807, 2.05) is 34.6 Å². The van der Waals surface area contributed by atoms with E-state index in [1.165, 1.54) is 0 Å². The van der Waals surface area contributed by atoms with E-state index >= 15 is 0 Å². The van der Waals surface area contributed by atoms with Crippen LogP contribution in [0.5, 0.6) is 0 Å². The lowest BCUT2D eigenvalue weighted by atomic mass is 10.0. The number of carbonyl (C=O) groups excluding carboxylic acids is 2. The van der Waals surface area contributed by atoms with Gasteiger partial charge in [-0.1, -0.05) is 25.4 Å². The van der Waals surface area contributed by atoms with E-state index in [4.69, 9.17) is 16.3 Å². The van der Waals surface area contributed by atoms with Crippen LogP contribution in [-0.2, 0) is 9.53 Å². The number of nitrogens with one attached hydrogen (secondary N) is 1. The van der Waals surface area contributed by atoms with Crippen LogP contribution in [0.25, 0.3) is 0 Å². The molecule has 4 nitrogen and oxygen atoms in total. The van der Waals surface area contributed by atoms with Gasteiger partial charge < -0.3 is 10.1 Å². The van der Waals surface area contributed by atoms with Crippen LogP contribution in [0.4, 0.5) is 0 Å². The van der Waals surface area contributed by atoms with Crippen molar-refractivity contribution in [3.05, 3.63) is 34.9 Å². The number of rotatable bonds is 4. The first-order chi connectivity index (χ1) is 9.60. The van der Waals surface area contributed by atoms with Gasteiger partial charge in [-0.05, 0) is 51.0 Å². The Labute approximate surface area is 130 Å². The molecule has 1 amide bonds. The average Bonchev–Trinajstić information content (AvgIpc) is 2.33. The molecule has 21 heavy (non-hydrogen) atoms. The number of carbonyl (C=O) groups is 2. The SMILES string of the molecule is CC(C)C(OC(=O)c1ccc(Cl)cc1)C(=O)NC(C)(C)C. The molecule has 1 N–H and O–H groups in total. The molecule has 0 saturated carbocycles. The molecule has 0 spiro atoms. The fraction of sp³-hybridized carbons (Fsp3) is 0.500. The molecule has 0 aromatic heterocycles. The second-order valence-electron chi connectivity index (χ2n) is 6.32. The minimum absolute atomic E-state index is 0.122. The summed E-state index contributed by atoms with van der Waals surface area (Å²) in [6.45, 7) is 9.31. The maximum atomic E-state index is 12.2. The zero-order valence-corrected chi connectivity index (χ0v) is 13.8. The first-order valence-corrected chi connectivity index (χ1v) is 7.26. The molecule has 0 saturated heterocycles. The second kappa shape index (κ2) is 6.94. The number of hydrogen-bond acceptors (Lipinski definition) is 3. The van der Waals surface area contributed by atoms with Crippen molar-refractivity contribution in [1.29, 1.82) is 0 Å². The lowest BCUT2D eigenvalue weighted by Gasteiger charge is -2.26. The molecule has 1 atom stereocenters. The highest BCUT2D eigenvalue weighted by molar-refractivity contribution is 6.30. The summed E-state index contributed by atoms with van der Waals surface area (Å²) in [6, 6.07) is 6.36. The third kappa shape index (κ3) is 5.76. The van der Waals surface area contributed by atoms with Crippen molar-refractivity contribution in [1.82, 2.24) is 5.32 Å². The molecule has 116 valence electrons. The van der Waals surface area contributed by atoms with Gasteiger partial charge in [0.05, 0.1) is 5.56 Å². The van der Waals surface area contributed by atoms with Gasteiger partial charge in [0, 0.05) is 10.6 Å². The second-order valence-corrected chi connectivity index (χ2v) is 6.75. The monoisotopic (exact) mass is 311 g/mol. The van der Waals surface area contributed by atoms with E-state index in [-0.39, 0.29) is 17.4 Å². The Hall–Kier alpha value is -1.55. The van der Waals surface area contributed by atoms with Gasteiger partial charge >= 0.3 is 5.97 Å². The lowest BCUT2D eigenvalue weighted by molar-refractivity contribution is -0.133. The van der Waals surface area contributed by atoms with Crippen molar-refractivity contribution in [3.8, 4) is 0 Å². The summed E-state index contributed by atoms with van der Waals surface area (Å²) in [4.78, 5) is 24.3. The summed E-state index contributed by atoms with van der Waals surface area (Å²) in [5.41, 5.74) is -0.00899. The topological polar surface area (TPSA) is 55.4 Å². The summed E-state index contributed by atoms with van der Waals surface area (Å²) in [5.74, 6) is -0.946. The van der Waals surface area contributed by atoms with E-state index in [9.17, 15) is 9.59 Å². The predicted octanol–water partition coefficient (Wildman–Crippen LogP) is 3.44. The Balaban J connectivity index is 2.81. The van der Waals surface area contributed by atoms with Gasteiger partial charge in [0.2, 0.25) is 0 Å². The van der Waals surface area contributed by atoms with Gasteiger partial charge in [-0.3, -0.25) is 4.79 Å². The molecule has 0 aliphatic heterocycles. The maximum absolute atomic E-state index is 12.2. The third-order valence-electron chi connectivity index (χ3n) is 2.68. The zero-order chi connectivity index (χ0) is 16.2. The third-order valence-corrected chi connectivity index (χ3v) is 2.93. The Morgan fingerprint density at radius 3 is 2.10 bits per heavy atom.